The average molecular weight is 383 g/mol. The number of rotatable bonds is 4. The number of nitrogens with zero attached hydrogens (tertiary/aromatic N) is 3. The number of hydrogen-bond acceptors (Lipinski definition) is 5. The molecule has 140 valence electrons. The summed E-state index contributed by atoms with van der Waals surface area (Å²) in [6.45, 7) is 6.14. The van der Waals surface area contributed by atoms with Gasteiger partial charge in [0.25, 0.3) is 11.8 Å². The quantitative estimate of drug-likeness (QED) is 0.719. The molecular weight excluding hydrogens is 362 g/mol. The molecule has 8 heteroatoms. The maximum Gasteiger partial charge on any atom is 0.273 e. The molecule has 3 rings (SSSR count). The molecule has 0 atom stereocenters. The molecule has 2 amide bonds. The molecule has 0 saturated heterocycles. The summed E-state index contributed by atoms with van der Waals surface area (Å²) in [6, 6.07) is 8.49. The minimum Gasteiger partial charge on any atom is -0.321 e. The van der Waals surface area contributed by atoms with Crippen molar-refractivity contribution in [2.45, 2.75) is 26.2 Å². The van der Waals surface area contributed by atoms with Crippen LogP contribution in [0.3, 0.4) is 0 Å². The number of benzene rings is 1. The lowest BCUT2D eigenvalue weighted by Crippen LogP contribution is -2.16. The Bertz CT molecular complexity index is 953. The van der Waals surface area contributed by atoms with Crippen molar-refractivity contribution in [1.29, 1.82) is 0 Å². The third-order valence-electron chi connectivity index (χ3n) is 3.94. The molecule has 0 spiro atoms. The van der Waals surface area contributed by atoms with Gasteiger partial charge in [-0.15, -0.1) is 11.3 Å². The number of anilines is 2. The Morgan fingerprint density at radius 3 is 2.33 bits per heavy atom. The first-order valence-electron chi connectivity index (χ1n) is 8.41. The van der Waals surface area contributed by atoms with Gasteiger partial charge >= 0.3 is 0 Å². The minimum absolute atomic E-state index is 0.136. The Hall–Kier alpha value is -3.00. The van der Waals surface area contributed by atoms with Crippen LogP contribution in [0.15, 0.2) is 41.9 Å². The van der Waals surface area contributed by atoms with E-state index in [4.69, 9.17) is 0 Å². The summed E-state index contributed by atoms with van der Waals surface area (Å²) in [5.41, 5.74) is 2.28. The Morgan fingerprint density at radius 1 is 1.07 bits per heavy atom. The third kappa shape index (κ3) is 4.40. The highest BCUT2D eigenvalue weighted by atomic mass is 32.1. The number of aryl methyl sites for hydroxylation is 1. The van der Waals surface area contributed by atoms with Crippen LogP contribution >= 0.6 is 11.3 Å². The van der Waals surface area contributed by atoms with Gasteiger partial charge in [0, 0.05) is 35.3 Å². The summed E-state index contributed by atoms with van der Waals surface area (Å²) >= 11 is 1.35. The fraction of sp³-hybridized carbons (Fsp3) is 0.263. The topological polar surface area (TPSA) is 88.9 Å². The second kappa shape index (κ2) is 7.32. The van der Waals surface area contributed by atoms with Crippen LogP contribution < -0.4 is 10.6 Å². The Balaban J connectivity index is 1.68. The van der Waals surface area contributed by atoms with E-state index in [0.717, 1.165) is 5.69 Å². The smallest absolute Gasteiger partial charge is 0.273 e. The zero-order valence-corrected chi connectivity index (χ0v) is 16.4. The molecule has 0 aliphatic heterocycles. The van der Waals surface area contributed by atoms with Gasteiger partial charge in [0.15, 0.2) is 5.13 Å². The molecular formula is C19H21N5O2S. The Labute approximate surface area is 161 Å². The van der Waals surface area contributed by atoms with Gasteiger partial charge in [-0.2, -0.15) is 5.10 Å². The van der Waals surface area contributed by atoms with Crippen LogP contribution in [-0.4, -0.2) is 26.6 Å². The van der Waals surface area contributed by atoms with Gasteiger partial charge in [-0.25, -0.2) is 4.98 Å². The second-order valence-corrected chi connectivity index (χ2v) is 8.01. The van der Waals surface area contributed by atoms with Crippen molar-refractivity contribution in [3.05, 3.63) is 58.9 Å². The normalized spacial score (nSPS) is 11.3. The van der Waals surface area contributed by atoms with Crippen molar-refractivity contribution in [3.8, 4) is 0 Å². The van der Waals surface area contributed by atoms with Gasteiger partial charge in [0.05, 0.1) is 5.69 Å². The second-order valence-electron chi connectivity index (χ2n) is 7.11. The number of carbonyl (C=O) groups excluding carboxylic acids is 2. The van der Waals surface area contributed by atoms with E-state index in [2.05, 4.69) is 20.7 Å². The Morgan fingerprint density at radius 2 is 1.78 bits per heavy atom. The number of aromatic nitrogens is 3. The van der Waals surface area contributed by atoms with Crippen molar-refractivity contribution in [2.75, 3.05) is 10.6 Å². The summed E-state index contributed by atoms with van der Waals surface area (Å²) in [7, 11) is 1.75. The summed E-state index contributed by atoms with van der Waals surface area (Å²) in [5.74, 6) is -0.496. The first-order chi connectivity index (χ1) is 12.7. The van der Waals surface area contributed by atoms with Crippen molar-refractivity contribution in [2.24, 2.45) is 7.05 Å². The van der Waals surface area contributed by atoms with Crippen LogP contribution in [0.25, 0.3) is 0 Å². The van der Waals surface area contributed by atoms with Gasteiger partial charge in [-0.05, 0) is 30.3 Å². The summed E-state index contributed by atoms with van der Waals surface area (Å²) in [5, 5.41) is 12.3. The highest BCUT2D eigenvalue weighted by molar-refractivity contribution is 7.13. The van der Waals surface area contributed by atoms with E-state index < -0.39 is 0 Å². The monoisotopic (exact) mass is 383 g/mol. The molecule has 0 radical (unpaired) electrons. The van der Waals surface area contributed by atoms with Crippen molar-refractivity contribution in [1.82, 2.24) is 14.8 Å². The van der Waals surface area contributed by atoms with E-state index in [1.54, 1.807) is 53.6 Å². The molecule has 2 N–H and O–H groups in total. The molecule has 2 heterocycles. The van der Waals surface area contributed by atoms with Gasteiger partial charge in [0.2, 0.25) is 0 Å². The van der Waals surface area contributed by atoms with Gasteiger partial charge in [-0.3, -0.25) is 19.6 Å². The largest absolute Gasteiger partial charge is 0.321 e. The molecule has 7 nitrogen and oxygen atoms in total. The number of hydrogen-bond donors (Lipinski definition) is 2. The van der Waals surface area contributed by atoms with Crippen LogP contribution in [0.1, 0.15) is 47.3 Å². The standard InChI is InChI=1S/C19H21N5O2S/c1-19(2,3)15-11-14(24(4)23-15)17(26)21-13-7-5-12(6-8-13)16(25)22-18-20-9-10-27-18/h5-11H,1-4H3,(H,21,26)(H,20,22,25). The van der Waals surface area contributed by atoms with E-state index in [1.165, 1.54) is 11.3 Å². The van der Waals surface area contributed by atoms with Crippen molar-refractivity contribution in [3.63, 3.8) is 0 Å². The number of amides is 2. The van der Waals surface area contributed by atoms with Gasteiger partial charge in [-0.1, -0.05) is 20.8 Å². The fourth-order valence-corrected chi connectivity index (χ4v) is 2.92. The first kappa shape index (κ1) is 18.8. The maximum atomic E-state index is 12.5. The van der Waals surface area contributed by atoms with E-state index in [9.17, 15) is 9.59 Å². The molecule has 0 saturated carbocycles. The van der Waals surface area contributed by atoms with E-state index in [0.29, 0.717) is 22.1 Å². The van der Waals surface area contributed by atoms with Crippen LogP contribution in [0.2, 0.25) is 0 Å². The zero-order valence-electron chi connectivity index (χ0n) is 15.6. The van der Waals surface area contributed by atoms with Gasteiger partial charge in [0.1, 0.15) is 5.69 Å². The minimum atomic E-state index is -0.250. The van der Waals surface area contributed by atoms with Crippen LogP contribution in [0.5, 0.6) is 0 Å². The molecule has 3 aromatic rings. The molecule has 0 fully saturated rings. The molecule has 0 unspecified atom stereocenters. The predicted molar refractivity (Wildman–Crippen MR) is 106 cm³/mol. The van der Waals surface area contributed by atoms with E-state index in [1.807, 2.05) is 20.8 Å². The molecule has 0 aliphatic carbocycles. The van der Waals surface area contributed by atoms with E-state index in [-0.39, 0.29) is 17.2 Å². The highest BCUT2D eigenvalue weighted by Gasteiger charge is 2.21. The third-order valence-corrected chi connectivity index (χ3v) is 4.63. The lowest BCUT2D eigenvalue weighted by atomic mass is 9.92. The van der Waals surface area contributed by atoms with Gasteiger partial charge < -0.3 is 5.32 Å². The van der Waals surface area contributed by atoms with Crippen molar-refractivity contribution >= 4 is 34.0 Å². The predicted octanol–water partition coefficient (Wildman–Crippen LogP) is 3.68. The lowest BCUT2D eigenvalue weighted by Gasteiger charge is -2.13. The number of thiazole rings is 1. The van der Waals surface area contributed by atoms with Crippen LogP contribution in [0, 0.1) is 0 Å². The zero-order chi connectivity index (χ0) is 19.6. The van der Waals surface area contributed by atoms with Crippen molar-refractivity contribution < 1.29 is 9.59 Å². The van der Waals surface area contributed by atoms with Crippen LogP contribution in [0.4, 0.5) is 10.8 Å². The lowest BCUT2D eigenvalue weighted by molar-refractivity contribution is 0.101. The summed E-state index contributed by atoms with van der Waals surface area (Å²) < 4.78 is 1.58. The first-order valence-corrected chi connectivity index (χ1v) is 9.29. The SMILES string of the molecule is Cn1nc(C(C)(C)C)cc1C(=O)Nc1ccc(C(=O)Nc2nccs2)cc1. The fourth-order valence-electron chi connectivity index (χ4n) is 2.40. The van der Waals surface area contributed by atoms with Crippen LogP contribution in [-0.2, 0) is 12.5 Å². The summed E-state index contributed by atoms with van der Waals surface area (Å²) in [4.78, 5) is 28.7. The maximum absolute atomic E-state index is 12.5. The molecule has 2 aromatic heterocycles. The van der Waals surface area contributed by atoms with E-state index >= 15 is 0 Å². The number of nitrogens with one attached hydrogen (secondary N) is 2. The average Bonchev–Trinajstić information content (AvgIpc) is 3.24. The number of carbonyl (C=O) groups is 2. The highest BCUT2D eigenvalue weighted by Crippen LogP contribution is 2.22. The summed E-state index contributed by atoms with van der Waals surface area (Å²) in [6.07, 6.45) is 1.63. The Kier molecular flexibility index (Phi) is 5.09. The molecule has 27 heavy (non-hydrogen) atoms. The molecule has 0 bridgehead atoms. The molecule has 0 aliphatic rings. The molecule has 1 aromatic carbocycles.